The molecule has 1 fully saturated rings. The number of aliphatic hydroxyl groups is 1. The van der Waals surface area contributed by atoms with Crippen molar-refractivity contribution in [3.8, 4) is 0 Å². The number of rotatable bonds is 3. The van der Waals surface area contributed by atoms with Gasteiger partial charge in [0.15, 0.2) is 0 Å². The SMILES string of the molecule is CC1OCCC1(O)CNc1cc(F)ccc1N. The van der Waals surface area contributed by atoms with Crippen molar-refractivity contribution in [3.63, 3.8) is 0 Å². The molecule has 4 nitrogen and oxygen atoms in total. The fraction of sp³-hybridized carbons (Fsp3) is 0.500. The van der Waals surface area contributed by atoms with Crippen LogP contribution in [-0.2, 0) is 4.74 Å². The number of hydrogen-bond acceptors (Lipinski definition) is 4. The van der Waals surface area contributed by atoms with Crippen LogP contribution in [0.25, 0.3) is 0 Å². The summed E-state index contributed by atoms with van der Waals surface area (Å²) in [5.41, 5.74) is 5.75. The molecule has 2 unspecified atom stereocenters. The summed E-state index contributed by atoms with van der Waals surface area (Å²) in [6, 6.07) is 4.12. The van der Waals surface area contributed by atoms with E-state index in [1.165, 1.54) is 18.2 Å². The molecule has 1 heterocycles. The molecule has 0 spiro atoms. The van der Waals surface area contributed by atoms with Gasteiger partial charge < -0.3 is 20.9 Å². The first-order valence-corrected chi connectivity index (χ1v) is 5.64. The van der Waals surface area contributed by atoms with Crippen molar-refractivity contribution in [3.05, 3.63) is 24.0 Å². The Kier molecular flexibility index (Phi) is 3.22. The Hall–Kier alpha value is -1.33. The molecule has 1 aromatic carbocycles. The first-order valence-electron chi connectivity index (χ1n) is 5.64. The maximum atomic E-state index is 13.0. The molecule has 2 atom stereocenters. The zero-order valence-electron chi connectivity index (χ0n) is 9.74. The van der Waals surface area contributed by atoms with E-state index >= 15 is 0 Å². The van der Waals surface area contributed by atoms with Crippen LogP contribution >= 0.6 is 0 Å². The van der Waals surface area contributed by atoms with Gasteiger partial charge in [0.2, 0.25) is 0 Å². The molecule has 94 valence electrons. The van der Waals surface area contributed by atoms with Gasteiger partial charge in [-0.25, -0.2) is 4.39 Å². The topological polar surface area (TPSA) is 67.5 Å². The van der Waals surface area contributed by atoms with Crippen LogP contribution in [0.1, 0.15) is 13.3 Å². The van der Waals surface area contributed by atoms with Gasteiger partial charge in [-0.3, -0.25) is 0 Å². The molecule has 2 rings (SSSR count). The van der Waals surface area contributed by atoms with Crippen LogP contribution in [0, 0.1) is 5.82 Å². The molecule has 0 aliphatic carbocycles. The molecule has 1 aliphatic heterocycles. The van der Waals surface area contributed by atoms with Crippen LogP contribution in [0.5, 0.6) is 0 Å². The Morgan fingerprint density at radius 1 is 1.65 bits per heavy atom. The van der Waals surface area contributed by atoms with Crippen LogP contribution in [0.4, 0.5) is 15.8 Å². The van der Waals surface area contributed by atoms with Crippen molar-refractivity contribution in [1.82, 2.24) is 0 Å². The van der Waals surface area contributed by atoms with E-state index in [-0.39, 0.29) is 11.9 Å². The Bertz CT molecular complexity index is 413. The highest BCUT2D eigenvalue weighted by Gasteiger charge is 2.39. The standard InChI is InChI=1S/C12H17FN2O2/c1-8-12(16,4-5-17-8)7-15-11-6-9(13)2-3-10(11)14/h2-3,6,8,15-16H,4-5,7,14H2,1H3. The lowest BCUT2D eigenvalue weighted by Crippen LogP contribution is -2.43. The number of ether oxygens (including phenoxy) is 1. The summed E-state index contributed by atoms with van der Waals surface area (Å²) in [6.07, 6.45) is 0.334. The van der Waals surface area contributed by atoms with Gasteiger partial charge in [0.05, 0.1) is 17.5 Å². The second-order valence-corrected chi connectivity index (χ2v) is 4.45. The molecule has 1 saturated heterocycles. The predicted octanol–water partition coefficient (Wildman–Crippen LogP) is 1.36. The second kappa shape index (κ2) is 4.50. The number of anilines is 2. The minimum absolute atomic E-state index is 0.232. The lowest BCUT2D eigenvalue weighted by atomic mass is 9.96. The summed E-state index contributed by atoms with van der Waals surface area (Å²) in [4.78, 5) is 0. The number of halogens is 1. The average molecular weight is 240 g/mol. The normalized spacial score (nSPS) is 28.3. The van der Waals surface area contributed by atoms with E-state index < -0.39 is 5.60 Å². The number of nitrogens with one attached hydrogen (secondary N) is 1. The highest BCUT2D eigenvalue weighted by molar-refractivity contribution is 5.66. The summed E-state index contributed by atoms with van der Waals surface area (Å²) in [5.74, 6) is -0.357. The Balaban J connectivity index is 2.04. The highest BCUT2D eigenvalue weighted by atomic mass is 19.1. The number of nitrogens with two attached hydrogens (primary N) is 1. The van der Waals surface area contributed by atoms with Gasteiger partial charge in [-0.15, -0.1) is 0 Å². The second-order valence-electron chi connectivity index (χ2n) is 4.45. The third kappa shape index (κ3) is 2.50. The van der Waals surface area contributed by atoms with Gasteiger partial charge in [-0.1, -0.05) is 0 Å². The molecule has 0 aromatic heterocycles. The van der Waals surface area contributed by atoms with Gasteiger partial charge in [0.1, 0.15) is 11.4 Å². The molecule has 0 radical (unpaired) electrons. The maximum Gasteiger partial charge on any atom is 0.125 e. The van der Waals surface area contributed by atoms with E-state index in [9.17, 15) is 9.50 Å². The van der Waals surface area contributed by atoms with Gasteiger partial charge in [0.25, 0.3) is 0 Å². The van der Waals surface area contributed by atoms with Crippen molar-refractivity contribution >= 4 is 11.4 Å². The molecule has 1 aromatic rings. The largest absolute Gasteiger partial charge is 0.397 e. The Labute approximate surface area is 99.6 Å². The van der Waals surface area contributed by atoms with Crippen LogP contribution in [0.3, 0.4) is 0 Å². The number of benzene rings is 1. The van der Waals surface area contributed by atoms with Crippen molar-refractivity contribution in [2.75, 3.05) is 24.2 Å². The predicted molar refractivity (Wildman–Crippen MR) is 64.3 cm³/mol. The van der Waals surface area contributed by atoms with E-state index in [0.29, 0.717) is 30.9 Å². The molecule has 17 heavy (non-hydrogen) atoms. The molecule has 0 bridgehead atoms. The van der Waals surface area contributed by atoms with Crippen molar-refractivity contribution in [2.45, 2.75) is 25.0 Å². The first kappa shape index (κ1) is 12.1. The summed E-state index contributed by atoms with van der Waals surface area (Å²) in [7, 11) is 0. The maximum absolute atomic E-state index is 13.0. The van der Waals surface area contributed by atoms with Gasteiger partial charge in [-0.05, 0) is 25.1 Å². The fourth-order valence-corrected chi connectivity index (χ4v) is 1.93. The first-order chi connectivity index (χ1) is 8.01. The number of hydrogen-bond donors (Lipinski definition) is 3. The van der Waals surface area contributed by atoms with E-state index in [4.69, 9.17) is 10.5 Å². The van der Waals surface area contributed by atoms with Gasteiger partial charge in [0, 0.05) is 19.6 Å². The Morgan fingerprint density at radius 2 is 2.41 bits per heavy atom. The molecule has 0 saturated carbocycles. The van der Waals surface area contributed by atoms with Crippen LogP contribution in [0.15, 0.2) is 18.2 Å². The molecule has 0 amide bonds. The smallest absolute Gasteiger partial charge is 0.125 e. The molecule has 4 N–H and O–H groups in total. The van der Waals surface area contributed by atoms with Crippen LogP contribution in [0.2, 0.25) is 0 Å². The summed E-state index contributed by atoms with van der Waals surface area (Å²) >= 11 is 0. The molecular weight excluding hydrogens is 223 g/mol. The lowest BCUT2D eigenvalue weighted by molar-refractivity contribution is -0.0175. The summed E-state index contributed by atoms with van der Waals surface area (Å²) < 4.78 is 18.4. The molecule has 5 heteroatoms. The third-order valence-electron chi connectivity index (χ3n) is 3.26. The van der Waals surface area contributed by atoms with E-state index in [0.717, 1.165) is 0 Å². The van der Waals surface area contributed by atoms with E-state index in [1.807, 2.05) is 6.92 Å². The van der Waals surface area contributed by atoms with Crippen molar-refractivity contribution < 1.29 is 14.2 Å². The molecule has 1 aliphatic rings. The zero-order chi connectivity index (χ0) is 12.5. The Morgan fingerprint density at radius 3 is 3.06 bits per heavy atom. The minimum atomic E-state index is -0.918. The van der Waals surface area contributed by atoms with Crippen molar-refractivity contribution in [1.29, 1.82) is 0 Å². The van der Waals surface area contributed by atoms with Gasteiger partial charge >= 0.3 is 0 Å². The van der Waals surface area contributed by atoms with Gasteiger partial charge in [-0.2, -0.15) is 0 Å². The molecular formula is C12H17FN2O2. The van der Waals surface area contributed by atoms with Crippen LogP contribution in [-0.4, -0.2) is 30.0 Å². The van der Waals surface area contributed by atoms with Crippen LogP contribution < -0.4 is 11.1 Å². The monoisotopic (exact) mass is 240 g/mol. The third-order valence-corrected chi connectivity index (χ3v) is 3.26. The lowest BCUT2D eigenvalue weighted by Gasteiger charge is -2.27. The quantitative estimate of drug-likeness (QED) is 0.698. The highest BCUT2D eigenvalue weighted by Crippen LogP contribution is 2.27. The minimum Gasteiger partial charge on any atom is -0.397 e. The van der Waals surface area contributed by atoms with E-state index in [1.54, 1.807) is 0 Å². The average Bonchev–Trinajstić information content (AvgIpc) is 2.61. The summed E-state index contributed by atoms with van der Waals surface area (Å²) in [6.45, 7) is 2.66. The van der Waals surface area contributed by atoms with E-state index in [2.05, 4.69) is 5.32 Å². The zero-order valence-corrected chi connectivity index (χ0v) is 9.74. The fourth-order valence-electron chi connectivity index (χ4n) is 1.93. The number of nitrogen functional groups attached to an aromatic ring is 1. The summed E-state index contributed by atoms with van der Waals surface area (Å²) in [5, 5.41) is 13.2. The van der Waals surface area contributed by atoms with Crippen molar-refractivity contribution in [2.24, 2.45) is 0 Å².